The van der Waals surface area contributed by atoms with Crippen LogP contribution in [0.3, 0.4) is 0 Å². The number of nitrogens with zero attached hydrogens (tertiary/aromatic N) is 3. The predicted molar refractivity (Wildman–Crippen MR) is 81.2 cm³/mol. The molecule has 21 heavy (non-hydrogen) atoms. The minimum absolute atomic E-state index is 0.0106. The molecule has 0 spiro atoms. The molecule has 0 radical (unpaired) electrons. The van der Waals surface area contributed by atoms with Gasteiger partial charge in [-0.15, -0.1) is 0 Å². The molecule has 0 aliphatic heterocycles. The minimum Gasteiger partial charge on any atom is -0.296 e. The molecule has 0 amide bonds. The van der Waals surface area contributed by atoms with E-state index in [1.165, 1.54) is 10.8 Å². The lowest BCUT2D eigenvalue weighted by Gasteiger charge is -2.10. The molecule has 0 unspecified atom stereocenters. The highest BCUT2D eigenvalue weighted by molar-refractivity contribution is 9.10. The van der Waals surface area contributed by atoms with Gasteiger partial charge < -0.3 is 0 Å². The molecule has 106 valence electrons. The van der Waals surface area contributed by atoms with Crippen molar-refractivity contribution in [1.29, 1.82) is 5.26 Å². The van der Waals surface area contributed by atoms with Gasteiger partial charge in [0.25, 0.3) is 5.56 Å². The normalized spacial score (nSPS) is 13.9. The van der Waals surface area contributed by atoms with Gasteiger partial charge in [0.15, 0.2) is 0 Å². The van der Waals surface area contributed by atoms with E-state index in [4.69, 9.17) is 5.26 Å². The van der Waals surface area contributed by atoms with Gasteiger partial charge >= 0.3 is 5.69 Å². The van der Waals surface area contributed by atoms with Gasteiger partial charge in [0.2, 0.25) is 0 Å². The molecule has 0 saturated heterocycles. The van der Waals surface area contributed by atoms with Gasteiger partial charge in [-0.05, 0) is 30.5 Å². The van der Waals surface area contributed by atoms with E-state index in [-0.39, 0.29) is 23.8 Å². The summed E-state index contributed by atoms with van der Waals surface area (Å²) < 4.78 is 3.53. The largest absolute Gasteiger partial charge is 0.331 e. The third kappa shape index (κ3) is 2.69. The summed E-state index contributed by atoms with van der Waals surface area (Å²) in [4.78, 5) is 24.7. The SMILES string of the molecule is N#Cc1cn(C2CC2)c(=O)n(Cc2cccc(Br)c2)c1=O. The van der Waals surface area contributed by atoms with Crippen molar-refractivity contribution in [1.82, 2.24) is 9.13 Å². The van der Waals surface area contributed by atoms with Gasteiger partial charge in [-0.25, -0.2) is 4.79 Å². The van der Waals surface area contributed by atoms with E-state index in [9.17, 15) is 9.59 Å². The zero-order chi connectivity index (χ0) is 15.0. The number of hydrogen-bond donors (Lipinski definition) is 0. The first-order valence-electron chi connectivity index (χ1n) is 6.60. The Morgan fingerprint density at radius 1 is 1.33 bits per heavy atom. The maximum Gasteiger partial charge on any atom is 0.331 e. The highest BCUT2D eigenvalue weighted by Crippen LogP contribution is 2.33. The Balaban J connectivity index is 2.13. The van der Waals surface area contributed by atoms with E-state index in [1.807, 2.05) is 30.3 Å². The molecule has 1 aliphatic rings. The molecule has 0 atom stereocenters. The Kier molecular flexibility index (Phi) is 3.52. The lowest BCUT2D eigenvalue weighted by molar-refractivity contribution is 0.588. The molecule has 2 aromatic rings. The van der Waals surface area contributed by atoms with Crippen LogP contribution in [0.1, 0.15) is 30.0 Å². The first kappa shape index (κ1) is 13.8. The summed E-state index contributed by atoms with van der Waals surface area (Å²) in [6, 6.07) is 9.42. The van der Waals surface area contributed by atoms with Crippen LogP contribution in [0.4, 0.5) is 0 Å². The van der Waals surface area contributed by atoms with Crippen LogP contribution in [-0.4, -0.2) is 9.13 Å². The molecule has 1 saturated carbocycles. The van der Waals surface area contributed by atoms with Gasteiger partial charge in [0.1, 0.15) is 11.6 Å². The molecule has 6 heteroatoms. The zero-order valence-corrected chi connectivity index (χ0v) is 12.7. The minimum atomic E-state index is -0.528. The molecule has 3 rings (SSSR count). The molecular weight excluding hydrogens is 334 g/mol. The second-order valence-corrected chi connectivity index (χ2v) is 6.01. The molecule has 1 heterocycles. The Morgan fingerprint density at radius 3 is 2.71 bits per heavy atom. The average Bonchev–Trinajstić information content (AvgIpc) is 3.28. The third-order valence-electron chi connectivity index (χ3n) is 3.49. The molecule has 0 N–H and O–H groups in total. The number of nitriles is 1. The molecule has 1 fully saturated rings. The van der Waals surface area contributed by atoms with Gasteiger partial charge in [-0.3, -0.25) is 13.9 Å². The smallest absolute Gasteiger partial charge is 0.296 e. The summed E-state index contributed by atoms with van der Waals surface area (Å²) in [6.45, 7) is 0.166. The fraction of sp³-hybridized carbons (Fsp3) is 0.267. The molecular formula is C15H12BrN3O2. The highest BCUT2D eigenvalue weighted by Gasteiger charge is 2.26. The van der Waals surface area contributed by atoms with Crippen LogP contribution in [-0.2, 0) is 6.54 Å². The van der Waals surface area contributed by atoms with E-state index in [2.05, 4.69) is 15.9 Å². The lowest BCUT2D eigenvalue weighted by Crippen LogP contribution is -2.40. The van der Waals surface area contributed by atoms with Gasteiger partial charge in [0.05, 0.1) is 6.54 Å². The van der Waals surface area contributed by atoms with E-state index in [0.29, 0.717) is 0 Å². The van der Waals surface area contributed by atoms with Crippen molar-refractivity contribution in [3.05, 3.63) is 66.9 Å². The molecule has 1 aliphatic carbocycles. The van der Waals surface area contributed by atoms with Crippen LogP contribution in [0.2, 0.25) is 0 Å². The van der Waals surface area contributed by atoms with Crippen molar-refractivity contribution in [2.24, 2.45) is 0 Å². The van der Waals surface area contributed by atoms with Crippen LogP contribution in [0.5, 0.6) is 0 Å². The molecule has 1 aromatic heterocycles. The number of benzene rings is 1. The fourth-order valence-corrected chi connectivity index (χ4v) is 2.72. The van der Waals surface area contributed by atoms with Crippen LogP contribution in [0, 0.1) is 11.3 Å². The fourth-order valence-electron chi connectivity index (χ4n) is 2.27. The van der Waals surface area contributed by atoms with Crippen molar-refractivity contribution in [3.63, 3.8) is 0 Å². The van der Waals surface area contributed by atoms with Crippen molar-refractivity contribution in [2.45, 2.75) is 25.4 Å². The van der Waals surface area contributed by atoms with Gasteiger partial charge in [-0.1, -0.05) is 28.1 Å². The van der Waals surface area contributed by atoms with Crippen LogP contribution < -0.4 is 11.2 Å². The van der Waals surface area contributed by atoms with Crippen molar-refractivity contribution in [2.75, 3.05) is 0 Å². The van der Waals surface area contributed by atoms with Crippen LogP contribution in [0.25, 0.3) is 0 Å². The van der Waals surface area contributed by atoms with Gasteiger partial charge in [-0.2, -0.15) is 5.26 Å². The maximum atomic E-state index is 12.4. The monoisotopic (exact) mass is 345 g/mol. The second kappa shape index (κ2) is 5.34. The number of hydrogen-bond acceptors (Lipinski definition) is 3. The van der Waals surface area contributed by atoms with Crippen LogP contribution in [0.15, 0.2) is 44.5 Å². The number of halogens is 1. The predicted octanol–water partition coefficient (Wildman–Crippen LogP) is 2.03. The Hall–Kier alpha value is -2.13. The number of rotatable bonds is 3. The quantitative estimate of drug-likeness (QED) is 0.854. The Labute approximate surface area is 129 Å². The summed E-state index contributed by atoms with van der Waals surface area (Å²) >= 11 is 3.37. The van der Waals surface area contributed by atoms with E-state index >= 15 is 0 Å². The summed E-state index contributed by atoms with van der Waals surface area (Å²) in [6.07, 6.45) is 3.22. The van der Waals surface area contributed by atoms with Crippen molar-refractivity contribution >= 4 is 15.9 Å². The summed E-state index contributed by atoms with van der Waals surface area (Å²) in [5.41, 5.74) is -0.0293. The van der Waals surface area contributed by atoms with Crippen molar-refractivity contribution in [3.8, 4) is 6.07 Å². The molecule has 5 nitrogen and oxygen atoms in total. The van der Waals surface area contributed by atoms with E-state index in [0.717, 1.165) is 27.4 Å². The van der Waals surface area contributed by atoms with E-state index in [1.54, 1.807) is 0 Å². The first-order chi connectivity index (χ1) is 10.1. The molecule has 1 aromatic carbocycles. The standard InChI is InChI=1S/C15H12BrN3O2/c16-12-3-1-2-10(6-12)8-19-14(20)11(7-17)9-18(15(19)21)13-4-5-13/h1-3,6,9,13H,4-5,8H2. The third-order valence-corrected chi connectivity index (χ3v) is 3.98. The second-order valence-electron chi connectivity index (χ2n) is 5.10. The average molecular weight is 346 g/mol. The zero-order valence-electron chi connectivity index (χ0n) is 11.1. The highest BCUT2D eigenvalue weighted by atomic mass is 79.9. The first-order valence-corrected chi connectivity index (χ1v) is 7.40. The Morgan fingerprint density at radius 2 is 2.10 bits per heavy atom. The maximum absolute atomic E-state index is 12.4. The van der Waals surface area contributed by atoms with Gasteiger partial charge in [0, 0.05) is 16.7 Å². The van der Waals surface area contributed by atoms with Crippen LogP contribution >= 0.6 is 15.9 Å². The summed E-state index contributed by atoms with van der Waals surface area (Å²) in [7, 11) is 0. The van der Waals surface area contributed by atoms with E-state index < -0.39 is 5.56 Å². The number of aromatic nitrogens is 2. The summed E-state index contributed by atoms with van der Waals surface area (Å²) in [5, 5.41) is 9.08. The lowest BCUT2D eigenvalue weighted by atomic mass is 10.2. The molecule has 0 bridgehead atoms. The summed E-state index contributed by atoms with van der Waals surface area (Å²) in [5.74, 6) is 0. The Bertz CT molecular complexity index is 856. The van der Waals surface area contributed by atoms with Crippen molar-refractivity contribution < 1.29 is 0 Å². The topological polar surface area (TPSA) is 67.8 Å².